The van der Waals surface area contributed by atoms with E-state index in [0.717, 1.165) is 0 Å². The molecule has 6 nitrogen and oxygen atoms in total. The van der Waals surface area contributed by atoms with E-state index in [0.29, 0.717) is 25.3 Å². The van der Waals surface area contributed by atoms with Crippen LogP contribution in [0.4, 0.5) is 0 Å². The molecule has 0 unspecified atom stereocenters. The molecule has 0 amide bonds. The van der Waals surface area contributed by atoms with Crippen LogP contribution in [0.15, 0.2) is 11.1 Å². The average molecular weight is 303 g/mol. The van der Waals surface area contributed by atoms with Gasteiger partial charge in [-0.25, -0.2) is 13.1 Å². The number of ether oxygens (including phenoxy) is 1. The van der Waals surface area contributed by atoms with Crippen molar-refractivity contribution in [2.75, 3.05) is 13.2 Å². The van der Waals surface area contributed by atoms with Crippen LogP contribution < -0.4 is 4.72 Å². The highest BCUT2D eigenvalue weighted by atomic mass is 32.2. The minimum atomic E-state index is -3.49. The van der Waals surface area contributed by atoms with Gasteiger partial charge in [-0.05, 0) is 41.0 Å². The molecule has 0 aliphatic rings. The van der Waals surface area contributed by atoms with E-state index in [-0.39, 0.29) is 17.0 Å². The van der Waals surface area contributed by atoms with Crippen molar-refractivity contribution in [3.05, 3.63) is 11.9 Å². The van der Waals surface area contributed by atoms with Gasteiger partial charge >= 0.3 is 0 Å². The van der Waals surface area contributed by atoms with Crippen LogP contribution in [-0.4, -0.2) is 37.5 Å². The summed E-state index contributed by atoms with van der Waals surface area (Å²) in [6, 6.07) is 0.136. The monoisotopic (exact) mass is 303 g/mol. The fourth-order valence-corrected chi connectivity index (χ4v) is 2.91. The Morgan fingerprint density at radius 2 is 2.00 bits per heavy atom. The lowest BCUT2D eigenvalue weighted by atomic mass is 10.4. The van der Waals surface area contributed by atoms with Crippen molar-refractivity contribution in [3.63, 3.8) is 0 Å². The largest absolute Gasteiger partial charge is 0.379 e. The van der Waals surface area contributed by atoms with Crippen LogP contribution in [0.5, 0.6) is 0 Å². The van der Waals surface area contributed by atoms with Crippen molar-refractivity contribution >= 4 is 10.0 Å². The van der Waals surface area contributed by atoms with Crippen molar-refractivity contribution in [2.45, 2.75) is 58.1 Å². The van der Waals surface area contributed by atoms with Crippen LogP contribution in [0.3, 0.4) is 0 Å². The van der Waals surface area contributed by atoms with Gasteiger partial charge < -0.3 is 4.74 Å². The first kappa shape index (κ1) is 17.1. The number of nitrogens with one attached hydrogen (secondary N) is 1. The molecule has 20 heavy (non-hydrogen) atoms. The lowest BCUT2D eigenvalue weighted by Crippen LogP contribution is -2.26. The molecule has 1 aromatic rings. The molecule has 1 aromatic heterocycles. The van der Waals surface area contributed by atoms with Crippen molar-refractivity contribution in [1.29, 1.82) is 0 Å². The summed E-state index contributed by atoms with van der Waals surface area (Å²) >= 11 is 0. The maximum atomic E-state index is 12.2. The molecule has 0 radical (unpaired) electrons. The summed E-state index contributed by atoms with van der Waals surface area (Å²) in [6.45, 7) is 10.4. The first-order valence-corrected chi connectivity index (χ1v) is 8.39. The molecule has 0 spiro atoms. The molecule has 0 aliphatic carbocycles. The lowest BCUT2D eigenvalue weighted by Gasteiger charge is -2.08. The summed E-state index contributed by atoms with van der Waals surface area (Å²) in [4.78, 5) is 0.246. The fourth-order valence-electron chi connectivity index (χ4n) is 1.67. The summed E-state index contributed by atoms with van der Waals surface area (Å²) in [6.07, 6.45) is 2.39. The number of nitrogens with zero attached hydrogens (tertiary/aromatic N) is 2. The molecule has 7 heteroatoms. The van der Waals surface area contributed by atoms with E-state index in [9.17, 15) is 8.42 Å². The molecule has 0 aromatic carbocycles. The number of hydrogen-bond donors (Lipinski definition) is 1. The zero-order valence-corrected chi connectivity index (χ0v) is 13.7. The Kier molecular flexibility index (Phi) is 6.16. The van der Waals surface area contributed by atoms with Crippen LogP contribution in [0, 0.1) is 6.92 Å². The van der Waals surface area contributed by atoms with Crippen LogP contribution >= 0.6 is 0 Å². The molecule has 0 fully saturated rings. The van der Waals surface area contributed by atoms with E-state index in [1.807, 2.05) is 27.7 Å². The zero-order valence-electron chi connectivity index (χ0n) is 12.9. The standard InChI is InChI=1S/C13H25N3O3S/c1-10(2)16-9-13(12(5)15-16)20(17,18)14-7-6-8-19-11(3)4/h9-11,14H,6-8H2,1-5H3. The predicted molar refractivity (Wildman–Crippen MR) is 78.2 cm³/mol. The maximum Gasteiger partial charge on any atom is 0.243 e. The normalized spacial score (nSPS) is 12.6. The highest BCUT2D eigenvalue weighted by molar-refractivity contribution is 7.89. The van der Waals surface area contributed by atoms with Crippen LogP contribution in [0.25, 0.3) is 0 Å². The second-order valence-electron chi connectivity index (χ2n) is 5.32. The van der Waals surface area contributed by atoms with Crippen molar-refractivity contribution in [3.8, 4) is 0 Å². The maximum absolute atomic E-state index is 12.2. The summed E-state index contributed by atoms with van der Waals surface area (Å²) in [5, 5.41) is 4.22. The van der Waals surface area contributed by atoms with Gasteiger partial charge in [0.05, 0.1) is 11.8 Å². The van der Waals surface area contributed by atoms with Gasteiger partial charge in [0.25, 0.3) is 0 Å². The van der Waals surface area contributed by atoms with E-state index < -0.39 is 10.0 Å². The minimum absolute atomic E-state index is 0.136. The van der Waals surface area contributed by atoms with Gasteiger partial charge in [-0.3, -0.25) is 4.68 Å². The van der Waals surface area contributed by atoms with Crippen molar-refractivity contribution in [2.24, 2.45) is 0 Å². The Morgan fingerprint density at radius 3 is 2.50 bits per heavy atom. The summed E-state index contributed by atoms with van der Waals surface area (Å²) in [5.41, 5.74) is 0.518. The quantitative estimate of drug-likeness (QED) is 0.744. The Morgan fingerprint density at radius 1 is 1.35 bits per heavy atom. The van der Waals surface area contributed by atoms with E-state index in [2.05, 4.69) is 9.82 Å². The summed E-state index contributed by atoms with van der Waals surface area (Å²) in [5.74, 6) is 0. The topological polar surface area (TPSA) is 73.2 Å². The van der Waals surface area contributed by atoms with E-state index in [1.165, 1.54) is 0 Å². The Bertz CT molecular complexity index is 521. The Hall–Kier alpha value is -0.920. The van der Waals surface area contributed by atoms with Gasteiger partial charge in [-0.1, -0.05) is 0 Å². The van der Waals surface area contributed by atoms with E-state index >= 15 is 0 Å². The van der Waals surface area contributed by atoms with Gasteiger partial charge in [-0.15, -0.1) is 0 Å². The minimum Gasteiger partial charge on any atom is -0.379 e. The van der Waals surface area contributed by atoms with Crippen molar-refractivity contribution < 1.29 is 13.2 Å². The zero-order chi connectivity index (χ0) is 15.3. The molecule has 0 aliphatic heterocycles. The second kappa shape index (κ2) is 7.19. The van der Waals surface area contributed by atoms with Gasteiger partial charge in [0.15, 0.2) is 0 Å². The number of aryl methyl sites for hydroxylation is 1. The molecule has 0 atom stereocenters. The number of sulfonamides is 1. The highest BCUT2D eigenvalue weighted by Gasteiger charge is 2.20. The summed E-state index contributed by atoms with van der Waals surface area (Å²) < 4.78 is 34.0. The lowest BCUT2D eigenvalue weighted by molar-refractivity contribution is 0.0778. The van der Waals surface area contributed by atoms with Gasteiger partial charge in [0.2, 0.25) is 10.0 Å². The molecule has 1 N–H and O–H groups in total. The molecule has 116 valence electrons. The average Bonchev–Trinajstić information content (AvgIpc) is 2.71. The van der Waals surface area contributed by atoms with Gasteiger partial charge in [-0.2, -0.15) is 5.10 Å². The second-order valence-corrected chi connectivity index (χ2v) is 7.06. The molecule has 0 saturated heterocycles. The SMILES string of the molecule is Cc1nn(C(C)C)cc1S(=O)(=O)NCCCOC(C)C. The molecular weight excluding hydrogens is 278 g/mol. The van der Waals surface area contributed by atoms with Crippen LogP contribution in [-0.2, 0) is 14.8 Å². The Labute approximate surface area is 121 Å². The summed E-state index contributed by atoms with van der Waals surface area (Å²) in [7, 11) is -3.49. The highest BCUT2D eigenvalue weighted by Crippen LogP contribution is 2.15. The first-order valence-electron chi connectivity index (χ1n) is 6.91. The van der Waals surface area contributed by atoms with Gasteiger partial charge in [0.1, 0.15) is 4.90 Å². The van der Waals surface area contributed by atoms with Crippen molar-refractivity contribution in [1.82, 2.24) is 14.5 Å². The van der Waals surface area contributed by atoms with Gasteiger partial charge in [0, 0.05) is 25.4 Å². The first-order chi connectivity index (χ1) is 9.24. The smallest absolute Gasteiger partial charge is 0.243 e. The number of aromatic nitrogens is 2. The van der Waals surface area contributed by atoms with E-state index in [4.69, 9.17) is 4.74 Å². The molecule has 1 heterocycles. The number of rotatable bonds is 8. The fraction of sp³-hybridized carbons (Fsp3) is 0.769. The third kappa shape index (κ3) is 4.88. The predicted octanol–water partition coefficient (Wildman–Crippen LogP) is 1.87. The Balaban J connectivity index is 2.60. The number of hydrogen-bond acceptors (Lipinski definition) is 4. The van der Waals surface area contributed by atoms with E-state index in [1.54, 1.807) is 17.8 Å². The third-order valence-corrected chi connectivity index (χ3v) is 4.32. The molecule has 1 rings (SSSR count). The molecule has 0 bridgehead atoms. The molecule has 0 saturated carbocycles. The van der Waals surface area contributed by atoms with Crippen LogP contribution in [0.1, 0.15) is 45.9 Å². The van der Waals surface area contributed by atoms with Crippen LogP contribution in [0.2, 0.25) is 0 Å². The molecular formula is C13H25N3O3S. The third-order valence-electron chi connectivity index (χ3n) is 2.75.